The van der Waals surface area contributed by atoms with Crippen molar-refractivity contribution in [3.63, 3.8) is 0 Å². The topological polar surface area (TPSA) is 0 Å². The van der Waals surface area contributed by atoms with E-state index in [-0.39, 0.29) is 0 Å². The van der Waals surface area contributed by atoms with E-state index < -0.39 is 0 Å². The third kappa shape index (κ3) is 8.53. The highest BCUT2D eigenvalue weighted by molar-refractivity contribution is 7.38. The van der Waals surface area contributed by atoms with Crippen LogP contribution in [0.3, 0.4) is 0 Å². The van der Waals surface area contributed by atoms with E-state index in [1.165, 1.54) is 53.3 Å². The van der Waals surface area contributed by atoms with Gasteiger partial charge in [-0.1, -0.05) is 52.9 Å². The zero-order chi connectivity index (χ0) is 9.23. The van der Waals surface area contributed by atoms with Gasteiger partial charge in [0.1, 0.15) is 0 Å². The van der Waals surface area contributed by atoms with Gasteiger partial charge < -0.3 is 0 Å². The molecule has 12 heavy (non-hydrogen) atoms. The Balaban J connectivity index is 3.02. The molecule has 0 bridgehead atoms. The molecule has 0 saturated heterocycles. The van der Waals surface area contributed by atoms with Crippen molar-refractivity contribution in [2.45, 2.75) is 65.0 Å². The van der Waals surface area contributed by atoms with Gasteiger partial charge in [-0.25, -0.2) is 0 Å². The molecule has 0 spiro atoms. The van der Waals surface area contributed by atoms with Crippen molar-refractivity contribution >= 4 is 8.58 Å². The fraction of sp³-hybridized carbons (Fsp3) is 1.00. The summed E-state index contributed by atoms with van der Waals surface area (Å²) in [4.78, 5) is 0. The molecule has 0 radical (unpaired) electrons. The van der Waals surface area contributed by atoms with Gasteiger partial charge in [-0.15, -0.1) is 8.58 Å². The van der Waals surface area contributed by atoms with E-state index in [9.17, 15) is 0 Å². The molecule has 0 aromatic carbocycles. The second kappa shape index (κ2) is 9.52. The Labute approximate surface area is 80.3 Å². The zero-order valence-electron chi connectivity index (χ0n) is 9.03. The van der Waals surface area contributed by atoms with Gasteiger partial charge in [0.25, 0.3) is 0 Å². The summed E-state index contributed by atoms with van der Waals surface area (Å²) in [5, 5.41) is 0. The van der Waals surface area contributed by atoms with Gasteiger partial charge in [0.15, 0.2) is 0 Å². The maximum absolute atomic E-state index is 2.42. The molecule has 0 aliphatic heterocycles. The molecule has 0 aliphatic rings. The molecule has 74 valence electrons. The Morgan fingerprint density at radius 3 is 2.33 bits per heavy atom. The SMILES string of the molecule is CCCCCCC(C)PCCC. The minimum Gasteiger partial charge on any atom is -0.119 e. The lowest BCUT2D eigenvalue weighted by molar-refractivity contribution is 0.629. The van der Waals surface area contributed by atoms with Crippen LogP contribution < -0.4 is 0 Å². The van der Waals surface area contributed by atoms with Crippen LogP contribution in [-0.4, -0.2) is 11.8 Å². The third-order valence-corrected chi connectivity index (χ3v) is 4.01. The molecule has 0 fully saturated rings. The Kier molecular flexibility index (Phi) is 9.86. The third-order valence-electron chi connectivity index (χ3n) is 2.23. The fourth-order valence-corrected chi connectivity index (χ4v) is 2.56. The summed E-state index contributed by atoms with van der Waals surface area (Å²) in [6.07, 6.45) is 10.0. The lowest BCUT2D eigenvalue weighted by Crippen LogP contribution is -1.94. The van der Waals surface area contributed by atoms with Gasteiger partial charge in [0.2, 0.25) is 0 Å². The van der Waals surface area contributed by atoms with Crippen LogP contribution >= 0.6 is 8.58 Å². The lowest BCUT2D eigenvalue weighted by atomic mass is 10.1. The molecule has 0 rings (SSSR count). The van der Waals surface area contributed by atoms with Crippen LogP contribution in [0, 0.1) is 0 Å². The largest absolute Gasteiger partial charge is 0.119 e. The van der Waals surface area contributed by atoms with Crippen molar-refractivity contribution in [1.82, 2.24) is 0 Å². The number of rotatable bonds is 8. The Hall–Kier alpha value is 0.430. The van der Waals surface area contributed by atoms with E-state index >= 15 is 0 Å². The van der Waals surface area contributed by atoms with Gasteiger partial charge in [0.05, 0.1) is 0 Å². The Morgan fingerprint density at radius 2 is 1.75 bits per heavy atom. The highest BCUT2D eigenvalue weighted by Gasteiger charge is 1.99. The van der Waals surface area contributed by atoms with Crippen molar-refractivity contribution in [1.29, 1.82) is 0 Å². The van der Waals surface area contributed by atoms with Crippen molar-refractivity contribution in [2.24, 2.45) is 0 Å². The molecule has 1 heteroatoms. The highest BCUT2D eigenvalue weighted by atomic mass is 31.1. The van der Waals surface area contributed by atoms with Crippen LogP contribution in [0.15, 0.2) is 0 Å². The van der Waals surface area contributed by atoms with E-state index in [1.54, 1.807) is 0 Å². The van der Waals surface area contributed by atoms with Gasteiger partial charge in [-0.3, -0.25) is 0 Å². The fourth-order valence-electron chi connectivity index (χ4n) is 1.37. The molecule has 0 saturated carbocycles. The summed E-state index contributed by atoms with van der Waals surface area (Å²) in [7, 11) is 1.22. The maximum Gasteiger partial charge on any atom is -0.0265 e. The molecule has 2 unspecified atom stereocenters. The molecule has 0 N–H and O–H groups in total. The van der Waals surface area contributed by atoms with Gasteiger partial charge >= 0.3 is 0 Å². The summed E-state index contributed by atoms with van der Waals surface area (Å²) in [6.45, 7) is 6.99. The first kappa shape index (κ1) is 12.4. The molecular weight excluding hydrogens is 163 g/mol. The molecule has 0 nitrogen and oxygen atoms in total. The second-order valence-electron chi connectivity index (χ2n) is 3.70. The van der Waals surface area contributed by atoms with Crippen molar-refractivity contribution in [3.8, 4) is 0 Å². The predicted molar refractivity (Wildman–Crippen MR) is 61.7 cm³/mol. The predicted octanol–water partition coefficient (Wildman–Crippen LogP) is 4.43. The normalized spacial score (nSPS) is 14.2. The molecule has 0 aliphatic carbocycles. The van der Waals surface area contributed by atoms with Crippen LogP contribution in [0.25, 0.3) is 0 Å². The van der Waals surface area contributed by atoms with E-state index in [0.29, 0.717) is 0 Å². The zero-order valence-corrected chi connectivity index (χ0v) is 10.0. The first-order valence-electron chi connectivity index (χ1n) is 5.54. The number of hydrogen-bond donors (Lipinski definition) is 0. The second-order valence-corrected chi connectivity index (χ2v) is 5.60. The molecular formula is C11H25P. The van der Waals surface area contributed by atoms with Crippen LogP contribution in [-0.2, 0) is 0 Å². The van der Waals surface area contributed by atoms with E-state index in [1.807, 2.05) is 0 Å². The van der Waals surface area contributed by atoms with Gasteiger partial charge in [-0.2, -0.15) is 0 Å². The first-order chi connectivity index (χ1) is 5.81. The van der Waals surface area contributed by atoms with E-state index in [2.05, 4.69) is 20.8 Å². The van der Waals surface area contributed by atoms with Crippen molar-refractivity contribution in [2.75, 3.05) is 6.16 Å². The summed E-state index contributed by atoms with van der Waals surface area (Å²) in [5.74, 6) is 0. The summed E-state index contributed by atoms with van der Waals surface area (Å²) >= 11 is 0. The first-order valence-corrected chi connectivity index (χ1v) is 6.83. The van der Waals surface area contributed by atoms with E-state index in [4.69, 9.17) is 0 Å². The van der Waals surface area contributed by atoms with Crippen LogP contribution in [0.2, 0.25) is 0 Å². The smallest absolute Gasteiger partial charge is 0.0265 e. The van der Waals surface area contributed by atoms with Crippen LogP contribution in [0.4, 0.5) is 0 Å². The summed E-state index contributed by atoms with van der Waals surface area (Å²) in [6, 6.07) is 0. The summed E-state index contributed by atoms with van der Waals surface area (Å²) < 4.78 is 0. The maximum atomic E-state index is 2.42. The lowest BCUT2D eigenvalue weighted by Gasteiger charge is -2.09. The van der Waals surface area contributed by atoms with Crippen LogP contribution in [0.5, 0.6) is 0 Å². The Bertz CT molecular complexity index is 81.1. The highest BCUT2D eigenvalue weighted by Crippen LogP contribution is 2.24. The van der Waals surface area contributed by atoms with Crippen molar-refractivity contribution in [3.05, 3.63) is 0 Å². The summed E-state index contributed by atoms with van der Waals surface area (Å²) in [5.41, 5.74) is 1.00. The minimum absolute atomic E-state index is 1.00. The Morgan fingerprint density at radius 1 is 1.00 bits per heavy atom. The van der Waals surface area contributed by atoms with E-state index in [0.717, 1.165) is 5.66 Å². The van der Waals surface area contributed by atoms with Gasteiger partial charge in [-0.05, 0) is 18.2 Å². The average Bonchev–Trinajstić information content (AvgIpc) is 2.09. The average molecular weight is 188 g/mol. The van der Waals surface area contributed by atoms with Gasteiger partial charge in [0, 0.05) is 0 Å². The monoisotopic (exact) mass is 188 g/mol. The molecule has 0 amide bonds. The minimum atomic E-state index is 1.00. The molecule has 0 heterocycles. The molecule has 0 aromatic heterocycles. The standard InChI is InChI=1S/C11H25P/c1-4-6-7-8-9-11(3)12-10-5-2/h11-12H,4-10H2,1-3H3. The molecule has 2 atom stereocenters. The quantitative estimate of drug-likeness (QED) is 0.390. The molecule has 0 aromatic rings. The van der Waals surface area contributed by atoms with Crippen molar-refractivity contribution < 1.29 is 0 Å². The number of unbranched alkanes of at least 4 members (excludes halogenated alkanes) is 3. The van der Waals surface area contributed by atoms with Crippen LogP contribution in [0.1, 0.15) is 59.3 Å². The number of hydrogen-bond acceptors (Lipinski definition) is 0.